The number of amides is 1. The van der Waals surface area contributed by atoms with E-state index in [1.165, 1.54) is 0 Å². The molecule has 1 fully saturated rings. The number of carbonyl (C=O) groups is 1. The van der Waals surface area contributed by atoms with E-state index in [4.69, 9.17) is 10.5 Å². The summed E-state index contributed by atoms with van der Waals surface area (Å²) >= 11 is 1.55. The molecule has 0 aliphatic carbocycles. The molecule has 1 atom stereocenters. The summed E-state index contributed by atoms with van der Waals surface area (Å²) in [6, 6.07) is 1.45. The molecule has 1 unspecified atom stereocenters. The first-order chi connectivity index (χ1) is 7.77. The molecule has 2 rings (SSSR count). The van der Waals surface area contributed by atoms with Gasteiger partial charge < -0.3 is 15.8 Å². The highest BCUT2D eigenvalue weighted by Gasteiger charge is 2.26. The van der Waals surface area contributed by atoms with Gasteiger partial charge in [-0.3, -0.25) is 4.79 Å². The van der Waals surface area contributed by atoms with Gasteiger partial charge >= 0.3 is 0 Å². The number of nitrogens with one attached hydrogen (secondary N) is 1. The van der Waals surface area contributed by atoms with Crippen LogP contribution < -0.4 is 11.1 Å². The van der Waals surface area contributed by atoms with Gasteiger partial charge in [0.25, 0.3) is 0 Å². The molecule has 1 aliphatic heterocycles. The molecule has 1 aromatic rings. The standard InChI is InChI=1S/C11H16N2O2S/c12-10(8-1-4-15-5-2-8)11(14)13-9-3-6-16-7-9/h3,6-8,10H,1-2,4-5,12H2,(H,13,14). The number of thiophene rings is 1. The lowest BCUT2D eigenvalue weighted by atomic mass is 9.92. The molecule has 0 spiro atoms. The number of anilines is 1. The van der Waals surface area contributed by atoms with Crippen LogP contribution in [0.2, 0.25) is 0 Å². The summed E-state index contributed by atoms with van der Waals surface area (Å²) in [5, 5.41) is 6.65. The fourth-order valence-corrected chi connectivity index (χ4v) is 2.44. The Morgan fingerprint density at radius 3 is 2.94 bits per heavy atom. The number of rotatable bonds is 3. The van der Waals surface area contributed by atoms with Gasteiger partial charge in [-0.2, -0.15) is 11.3 Å². The monoisotopic (exact) mass is 240 g/mol. The molecule has 1 aromatic heterocycles. The van der Waals surface area contributed by atoms with Crippen molar-refractivity contribution >= 4 is 22.9 Å². The Labute approximate surface area is 98.8 Å². The fourth-order valence-electron chi connectivity index (χ4n) is 1.85. The van der Waals surface area contributed by atoms with Crippen LogP contribution in [0, 0.1) is 5.92 Å². The average Bonchev–Trinajstić information content (AvgIpc) is 2.82. The summed E-state index contributed by atoms with van der Waals surface area (Å²) in [5.41, 5.74) is 6.78. The van der Waals surface area contributed by atoms with Crippen LogP contribution in [-0.4, -0.2) is 25.2 Å². The lowest BCUT2D eigenvalue weighted by Gasteiger charge is -2.26. The predicted octanol–water partition coefficient (Wildman–Crippen LogP) is 1.44. The number of hydrogen-bond donors (Lipinski definition) is 2. The van der Waals surface area contributed by atoms with Gasteiger partial charge in [0.2, 0.25) is 5.91 Å². The molecule has 0 aromatic carbocycles. The number of hydrogen-bond acceptors (Lipinski definition) is 4. The van der Waals surface area contributed by atoms with E-state index in [-0.39, 0.29) is 11.8 Å². The van der Waals surface area contributed by atoms with Gasteiger partial charge in [-0.05, 0) is 30.2 Å². The summed E-state index contributed by atoms with van der Waals surface area (Å²) in [6.45, 7) is 1.42. The van der Waals surface area contributed by atoms with E-state index in [0.29, 0.717) is 13.2 Å². The summed E-state index contributed by atoms with van der Waals surface area (Å²) < 4.78 is 5.25. The van der Waals surface area contributed by atoms with Crippen LogP contribution >= 0.6 is 11.3 Å². The van der Waals surface area contributed by atoms with E-state index in [9.17, 15) is 4.79 Å². The van der Waals surface area contributed by atoms with E-state index < -0.39 is 6.04 Å². The van der Waals surface area contributed by atoms with Crippen LogP contribution in [0.4, 0.5) is 5.69 Å². The highest BCUT2D eigenvalue weighted by atomic mass is 32.1. The minimum absolute atomic E-state index is 0.0923. The van der Waals surface area contributed by atoms with E-state index in [1.807, 2.05) is 16.8 Å². The van der Waals surface area contributed by atoms with Gasteiger partial charge in [-0.15, -0.1) is 0 Å². The largest absolute Gasteiger partial charge is 0.381 e. The van der Waals surface area contributed by atoms with Crippen LogP contribution in [0.15, 0.2) is 16.8 Å². The van der Waals surface area contributed by atoms with Crippen molar-refractivity contribution in [2.24, 2.45) is 11.7 Å². The summed E-state index contributed by atoms with van der Waals surface area (Å²) in [4.78, 5) is 11.8. The Kier molecular flexibility index (Phi) is 3.93. The highest BCUT2D eigenvalue weighted by molar-refractivity contribution is 7.08. The van der Waals surface area contributed by atoms with Crippen LogP contribution in [0.1, 0.15) is 12.8 Å². The molecule has 5 heteroatoms. The fraction of sp³-hybridized carbons (Fsp3) is 0.545. The maximum absolute atomic E-state index is 11.8. The van der Waals surface area contributed by atoms with E-state index in [0.717, 1.165) is 18.5 Å². The molecule has 88 valence electrons. The third kappa shape index (κ3) is 2.81. The quantitative estimate of drug-likeness (QED) is 0.840. The van der Waals surface area contributed by atoms with Crippen molar-refractivity contribution in [3.63, 3.8) is 0 Å². The molecular formula is C11H16N2O2S. The Hall–Kier alpha value is -0.910. The van der Waals surface area contributed by atoms with Gasteiger partial charge in [-0.1, -0.05) is 0 Å². The molecule has 0 bridgehead atoms. The van der Waals surface area contributed by atoms with E-state index in [2.05, 4.69) is 5.32 Å². The number of ether oxygens (including phenoxy) is 1. The molecule has 2 heterocycles. The predicted molar refractivity (Wildman–Crippen MR) is 64.5 cm³/mol. The van der Waals surface area contributed by atoms with Crippen LogP contribution in [0.3, 0.4) is 0 Å². The van der Waals surface area contributed by atoms with Crippen molar-refractivity contribution in [3.8, 4) is 0 Å². The smallest absolute Gasteiger partial charge is 0.241 e. The van der Waals surface area contributed by atoms with Gasteiger partial charge in [-0.25, -0.2) is 0 Å². The van der Waals surface area contributed by atoms with Crippen LogP contribution in [-0.2, 0) is 9.53 Å². The second-order valence-electron chi connectivity index (χ2n) is 3.98. The van der Waals surface area contributed by atoms with E-state index >= 15 is 0 Å². The summed E-state index contributed by atoms with van der Waals surface area (Å²) in [7, 11) is 0. The van der Waals surface area contributed by atoms with Crippen LogP contribution in [0.25, 0.3) is 0 Å². The number of carbonyl (C=O) groups excluding carboxylic acids is 1. The van der Waals surface area contributed by atoms with Crippen LogP contribution in [0.5, 0.6) is 0 Å². The Bertz CT molecular complexity index is 334. The zero-order valence-electron chi connectivity index (χ0n) is 9.02. The van der Waals surface area contributed by atoms with Gasteiger partial charge in [0.1, 0.15) is 0 Å². The molecule has 3 N–H and O–H groups in total. The third-order valence-corrected chi connectivity index (χ3v) is 3.55. The second-order valence-corrected chi connectivity index (χ2v) is 4.76. The molecule has 1 aliphatic rings. The van der Waals surface area contributed by atoms with Crippen molar-refractivity contribution in [2.45, 2.75) is 18.9 Å². The van der Waals surface area contributed by atoms with Gasteiger partial charge in [0, 0.05) is 18.6 Å². The third-order valence-electron chi connectivity index (χ3n) is 2.87. The van der Waals surface area contributed by atoms with Crippen molar-refractivity contribution < 1.29 is 9.53 Å². The average molecular weight is 240 g/mol. The summed E-state index contributed by atoms with van der Waals surface area (Å²) in [6.07, 6.45) is 1.75. The minimum atomic E-state index is -0.427. The Morgan fingerprint density at radius 1 is 1.56 bits per heavy atom. The first kappa shape index (κ1) is 11.6. The van der Waals surface area contributed by atoms with Crippen molar-refractivity contribution in [1.29, 1.82) is 0 Å². The van der Waals surface area contributed by atoms with E-state index in [1.54, 1.807) is 11.3 Å². The van der Waals surface area contributed by atoms with Crippen molar-refractivity contribution in [3.05, 3.63) is 16.8 Å². The van der Waals surface area contributed by atoms with Gasteiger partial charge in [0.15, 0.2) is 0 Å². The first-order valence-corrected chi connectivity index (χ1v) is 6.38. The molecular weight excluding hydrogens is 224 g/mol. The zero-order valence-corrected chi connectivity index (χ0v) is 9.83. The minimum Gasteiger partial charge on any atom is -0.381 e. The normalized spacial score (nSPS) is 19.3. The molecule has 1 amide bonds. The lowest BCUT2D eigenvalue weighted by molar-refractivity contribution is -0.119. The summed E-state index contributed by atoms with van der Waals surface area (Å²) in [5.74, 6) is 0.151. The molecule has 4 nitrogen and oxygen atoms in total. The van der Waals surface area contributed by atoms with Crippen molar-refractivity contribution in [2.75, 3.05) is 18.5 Å². The highest BCUT2D eigenvalue weighted by Crippen LogP contribution is 2.19. The molecule has 0 saturated carbocycles. The Morgan fingerprint density at radius 2 is 2.31 bits per heavy atom. The maximum Gasteiger partial charge on any atom is 0.241 e. The molecule has 16 heavy (non-hydrogen) atoms. The second kappa shape index (κ2) is 5.43. The SMILES string of the molecule is NC(C(=O)Nc1ccsc1)C1CCOCC1. The lowest BCUT2D eigenvalue weighted by Crippen LogP contribution is -2.43. The van der Waals surface area contributed by atoms with Crippen molar-refractivity contribution in [1.82, 2.24) is 0 Å². The topological polar surface area (TPSA) is 64.4 Å². The molecule has 0 radical (unpaired) electrons. The Balaban J connectivity index is 1.88. The molecule has 1 saturated heterocycles. The number of nitrogens with two attached hydrogens (primary N) is 1. The maximum atomic E-state index is 11.8. The first-order valence-electron chi connectivity index (χ1n) is 5.44. The zero-order chi connectivity index (χ0) is 11.4. The van der Waals surface area contributed by atoms with Gasteiger partial charge in [0.05, 0.1) is 11.7 Å².